The van der Waals surface area contributed by atoms with Gasteiger partial charge in [0.15, 0.2) is 6.29 Å². The van der Waals surface area contributed by atoms with Gasteiger partial charge in [0.1, 0.15) is 5.84 Å². The maximum absolute atomic E-state index is 11.1. The van der Waals surface area contributed by atoms with E-state index in [1.807, 2.05) is 35.7 Å². The van der Waals surface area contributed by atoms with E-state index in [1.165, 1.54) is 11.3 Å². The van der Waals surface area contributed by atoms with Gasteiger partial charge in [-0.05, 0) is 17.0 Å². The highest BCUT2D eigenvalue weighted by molar-refractivity contribution is 7.12. The molecule has 3 nitrogen and oxygen atoms in total. The molecule has 98 valence electrons. The van der Waals surface area contributed by atoms with Crippen molar-refractivity contribution >= 4 is 35.9 Å². The first-order chi connectivity index (χ1) is 8.90. The Balaban J connectivity index is 0.00000133. The Morgan fingerprint density at radius 2 is 1.95 bits per heavy atom. The van der Waals surface area contributed by atoms with Crippen molar-refractivity contribution in [2.45, 2.75) is 0 Å². The number of hydrogen-bond acceptors (Lipinski definition) is 4. The van der Waals surface area contributed by atoms with E-state index >= 15 is 0 Å². The van der Waals surface area contributed by atoms with Crippen LogP contribution in [-0.2, 0) is 0 Å². The summed E-state index contributed by atoms with van der Waals surface area (Å²) in [6.45, 7) is 1.70. The molecule has 0 atom stereocenters. The monoisotopic (exact) mass is 292 g/mol. The summed E-state index contributed by atoms with van der Waals surface area (Å²) in [4.78, 5) is 16.3. The summed E-state index contributed by atoms with van der Waals surface area (Å²) < 4.78 is 0. The Kier molecular flexibility index (Phi) is 4.35. The van der Waals surface area contributed by atoms with Crippen molar-refractivity contribution in [2.75, 3.05) is 13.1 Å². The van der Waals surface area contributed by atoms with Gasteiger partial charge >= 0.3 is 0 Å². The molecule has 1 aliphatic rings. The van der Waals surface area contributed by atoms with Crippen LogP contribution in [0.2, 0.25) is 0 Å². The van der Waals surface area contributed by atoms with Gasteiger partial charge in [-0.1, -0.05) is 24.3 Å². The Hall–Kier alpha value is -1.65. The van der Waals surface area contributed by atoms with Crippen molar-refractivity contribution in [3.8, 4) is 11.1 Å². The van der Waals surface area contributed by atoms with Crippen LogP contribution >= 0.6 is 23.7 Å². The Bertz CT molecular complexity index is 621. The molecule has 5 heteroatoms. The number of nitrogens with zero attached hydrogens (tertiary/aromatic N) is 1. The van der Waals surface area contributed by atoms with Crippen LogP contribution in [0.3, 0.4) is 0 Å². The fourth-order valence-electron chi connectivity index (χ4n) is 2.14. The third-order valence-corrected chi connectivity index (χ3v) is 3.79. The number of halogens is 1. The summed E-state index contributed by atoms with van der Waals surface area (Å²) in [6.07, 6.45) is 0.917. The third-order valence-electron chi connectivity index (χ3n) is 2.95. The fourth-order valence-corrected chi connectivity index (χ4v) is 2.85. The van der Waals surface area contributed by atoms with Gasteiger partial charge in [-0.25, -0.2) is 0 Å². The molecule has 1 aliphatic heterocycles. The second-order valence-electron chi connectivity index (χ2n) is 4.02. The Labute approximate surface area is 121 Å². The third kappa shape index (κ3) is 2.55. The van der Waals surface area contributed by atoms with E-state index in [0.29, 0.717) is 0 Å². The molecule has 2 heterocycles. The minimum absolute atomic E-state index is 0. The first kappa shape index (κ1) is 13.8. The Morgan fingerprint density at radius 3 is 2.63 bits per heavy atom. The highest BCUT2D eigenvalue weighted by Gasteiger charge is 2.15. The van der Waals surface area contributed by atoms with Crippen LogP contribution in [0.1, 0.15) is 15.2 Å². The number of nitrogens with one attached hydrogen (secondary N) is 1. The molecular weight excluding hydrogens is 280 g/mol. The van der Waals surface area contributed by atoms with E-state index < -0.39 is 0 Å². The van der Waals surface area contributed by atoms with Crippen LogP contribution in [0.5, 0.6) is 0 Å². The molecule has 1 aromatic heterocycles. The molecule has 0 bridgehead atoms. The molecule has 0 aliphatic carbocycles. The normalized spacial score (nSPS) is 13.4. The van der Waals surface area contributed by atoms with Crippen molar-refractivity contribution < 1.29 is 4.79 Å². The predicted molar refractivity (Wildman–Crippen MR) is 81.8 cm³/mol. The van der Waals surface area contributed by atoms with Crippen molar-refractivity contribution in [3.63, 3.8) is 0 Å². The van der Waals surface area contributed by atoms with Crippen molar-refractivity contribution in [1.29, 1.82) is 0 Å². The SMILES string of the molecule is Cl.O=Cc1sccc1-c1ccccc1C1=NCCN1. The van der Waals surface area contributed by atoms with Gasteiger partial charge in [-0.15, -0.1) is 23.7 Å². The maximum atomic E-state index is 11.1. The van der Waals surface area contributed by atoms with Gasteiger partial charge in [0, 0.05) is 17.7 Å². The van der Waals surface area contributed by atoms with E-state index in [2.05, 4.69) is 10.3 Å². The average Bonchev–Trinajstić information content (AvgIpc) is 3.09. The highest BCUT2D eigenvalue weighted by atomic mass is 35.5. The standard InChI is InChI=1S/C14H12N2OS.ClH/c17-9-13-11(5-8-18-13)10-3-1-2-4-12(10)14-15-6-7-16-14;/h1-5,8-9H,6-7H2,(H,15,16);1H. The van der Waals surface area contributed by atoms with Crippen LogP contribution < -0.4 is 5.32 Å². The number of hydrogen-bond donors (Lipinski definition) is 1. The quantitative estimate of drug-likeness (QED) is 0.884. The number of thiophene rings is 1. The first-order valence-electron chi connectivity index (χ1n) is 5.81. The summed E-state index contributed by atoms with van der Waals surface area (Å²) in [5.74, 6) is 0.925. The van der Waals surface area contributed by atoms with E-state index in [4.69, 9.17) is 0 Å². The van der Waals surface area contributed by atoms with Crippen molar-refractivity contribution in [2.24, 2.45) is 4.99 Å². The van der Waals surface area contributed by atoms with Gasteiger partial charge < -0.3 is 5.32 Å². The smallest absolute Gasteiger partial charge is 0.160 e. The minimum atomic E-state index is 0. The zero-order valence-corrected chi connectivity index (χ0v) is 11.8. The summed E-state index contributed by atoms with van der Waals surface area (Å²) >= 11 is 1.47. The maximum Gasteiger partial charge on any atom is 0.160 e. The molecule has 1 aromatic carbocycles. The van der Waals surface area contributed by atoms with Gasteiger partial charge in [0.25, 0.3) is 0 Å². The molecular formula is C14H13ClN2OS. The number of carbonyl (C=O) groups is 1. The molecule has 0 amide bonds. The van der Waals surface area contributed by atoms with E-state index in [1.54, 1.807) is 0 Å². The van der Waals surface area contributed by atoms with Gasteiger partial charge in [-0.2, -0.15) is 0 Å². The molecule has 1 N–H and O–H groups in total. The number of carbonyl (C=O) groups excluding carboxylic acids is 1. The zero-order chi connectivity index (χ0) is 12.4. The summed E-state index contributed by atoms with van der Waals surface area (Å²) in [6, 6.07) is 10.0. The molecule has 0 radical (unpaired) electrons. The minimum Gasteiger partial charge on any atom is -0.368 e. The lowest BCUT2D eigenvalue weighted by Crippen LogP contribution is -2.20. The Morgan fingerprint density at radius 1 is 1.16 bits per heavy atom. The van der Waals surface area contributed by atoms with Gasteiger partial charge in [0.2, 0.25) is 0 Å². The number of benzene rings is 1. The van der Waals surface area contributed by atoms with Crippen LogP contribution in [-0.4, -0.2) is 25.2 Å². The topological polar surface area (TPSA) is 41.5 Å². The van der Waals surface area contributed by atoms with Crippen molar-refractivity contribution in [3.05, 3.63) is 46.2 Å². The number of amidine groups is 1. The zero-order valence-electron chi connectivity index (χ0n) is 10.1. The molecule has 3 rings (SSSR count). The lowest BCUT2D eigenvalue weighted by molar-refractivity contribution is 0.112. The number of rotatable bonds is 3. The van der Waals surface area contributed by atoms with Gasteiger partial charge in [0.05, 0.1) is 11.4 Å². The largest absolute Gasteiger partial charge is 0.368 e. The van der Waals surface area contributed by atoms with Crippen LogP contribution in [0.25, 0.3) is 11.1 Å². The van der Waals surface area contributed by atoms with E-state index in [0.717, 1.165) is 46.8 Å². The lowest BCUT2D eigenvalue weighted by atomic mass is 10.00. The van der Waals surface area contributed by atoms with E-state index in [-0.39, 0.29) is 12.4 Å². The average molecular weight is 293 g/mol. The van der Waals surface area contributed by atoms with E-state index in [9.17, 15) is 4.79 Å². The summed E-state index contributed by atoms with van der Waals surface area (Å²) in [5.41, 5.74) is 3.12. The first-order valence-corrected chi connectivity index (χ1v) is 6.69. The summed E-state index contributed by atoms with van der Waals surface area (Å²) in [7, 11) is 0. The van der Waals surface area contributed by atoms with Crippen LogP contribution in [0, 0.1) is 0 Å². The molecule has 0 spiro atoms. The van der Waals surface area contributed by atoms with Gasteiger partial charge in [-0.3, -0.25) is 9.79 Å². The summed E-state index contributed by atoms with van der Waals surface area (Å²) in [5, 5.41) is 5.22. The number of aliphatic imine (C=N–C) groups is 1. The van der Waals surface area contributed by atoms with Crippen molar-refractivity contribution in [1.82, 2.24) is 5.32 Å². The molecule has 0 saturated heterocycles. The molecule has 0 saturated carbocycles. The second kappa shape index (κ2) is 5.99. The predicted octanol–water partition coefficient (Wildman–Crippen LogP) is 3.00. The second-order valence-corrected chi connectivity index (χ2v) is 4.97. The van der Waals surface area contributed by atoms with Crippen LogP contribution in [0.4, 0.5) is 0 Å². The fraction of sp³-hybridized carbons (Fsp3) is 0.143. The number of aldehydes is 1. The van der Waals surface area contributed by atoms with Crippen LogP contribution in [0.15, 0.2) is 40.7 Å². The molecule has 0 unspecified atom stereocenters. The highest BCUT2D eigenvalue weighted by Crippen LogP contribution is 2.30. The molecule has 19 heavy (non-hydrogen) atoms. The molecule has 2 aromatic rings. The molecule has 0 fully saturated rings. The lowest BCUT2D eigenvalue weighted by Gasteiger charge is -2.09.